The van der Waals surface area contributed by atoms with Crippen LogP contribution in [0.5, 0.6) is 0 Å². The van der Waals surface area contributed by atoms with Gasteiger partial charge in [0.25, 0.3) is 0 Å². The number of nitrogens with zero attached hydrogens (tertiary/aromatic N) is 2. The zero-order valence-electron chi connectivity index (χ0n) is 42.6. The Morgan fingerprint density at radius 1 is 0.192 bits per heavy atom. The maximum Gasteiger partial charge on any atom is 0.0535 e. The first kappa shape index (κ1) is 44.1. The third kappa shape index (κ3) is 6.83. The first-order valence-corrected chi connectivity index (χ1v) is 27.0. The molecule has 16 rings (SSSR count). The number of benzene rings is 14. The molecular formula is C76H48N2. The molecule has 0 radical (unpaired) electrons. The van der Waals surface area contributed by atoms with Crippen LogP contribution in [0.4, 0.5) is 0 Å². The normalized spacial score (nSPS) is 11.8. The molecular weight excluding hydrogens is 941 g/mol. The summed E-state index contributed by atoms with van der Waals surface area (Å²) in [6.45, 7) is 0. The lowest BCUT2D eigenvalue weighted by Crippen LogP contribution is -2.02. The molecule has 16 aromatic rings. The molecule has 0 amide bonds. The van der Waals surface area contributed by atoms with E-state index in [1.54, 1.807) is 0 Å². The third-order valence-corrected chi connectivity index (χ3v) is 16.5. The monoisotopic (exact) mass is 988 g/mol. The van der Waals surface area contributed by atoms with Gasteiger partial charge in [0.15, 0.2) is 0 Å². The van der Waals surface area contributed by atoms with E-state index < -0.39 is 0 Å². The largest absolute Gasteiger partial charge is 0.309 e. The molecule has 0 aliphatic heterocycles. The molecule has 0 atom stereocenters. The molecule has 0 bridgehead atoms. The van der Waals surface area contributed by atoms with Gasteiger partial charge in [0, 0.05) is 11.4 Å². The van der Waals surface area contributed by atoms with Gasteiger partial charge >= 0.3 is 0 Å². The van der Waals surface area contributed by atoms with Crippen molar-refractivity contribution in [1.29, 1.82) is 0 Å². The van der Waals surface area contributed by atoms with E-state index in [1.165, 1.54) is 97.7 Å². The van der Waals surface area contributed by atoms with Gasteiger partial charge in [0.2, 0.25) is 0 Å². The van der Waals surface area contributed by atoms with E-state index in [0.29, 0.717) is 0 Å². The van der Waals surface area contributed by atoms with Crippen molar-refractivity contribution >= 4 is 75.4 Å². The van der Waals surface area contributed by atoms with Crippen LogP contribution in [0.2, 0.25) is 0 Å². The Balaban J connectivity index is 1.07. The molecule has 2 heteroatoms. The molecule has 0 N–H and O–H groups in total. The van der Waals surface area contributed by atoms with Gasteiger partial charge in [-0.1, -0.05) is 237 Å². The first-order valence-electron chi connectivity index (χ1n) is 27.0. The summed E-state index contributed by atoms with van der Waals surface area (Å²) >= 11 is 0. The Bertz CT molecular complexity index is 4820. The maximum absolute atomic E-state index is 2.49. The summed E-state index contributed by atoms with van der Waals surface area (Å²) in [5, 5.41) is 17.5. The summed E-state index contributed by atoms with van der Waals surface area (Å²) in [7, 11) is 0. The highest BCUT2D eigenvalue weighted by Gasteiger charge is 2.24. The Kier molecular flexibility index (Phi) is 9.98. The van der Waals surface area contributed by atoms with Gasteiger partial charge in [0.05, 0.1) is 22.8 Å². The van der Waals surface area contributed by atoms with Crippen molar-refractivity contribution in [2.75, 3.05) is 0 Å². The summed E-state index contributed by atoms with van der Waals surface area (Å²) in [6.07, 6.45) is 0. The van der Waals surface area contributed by atoms with Crippen LogP contribution in [0.1, 0.15) is 0 Å². The fourth-order valence-corrected chi connectivity index (χ4v) is 13.1. The fourth-order valence-electron chi connectivity index (χ4n) is 13.1. The van der Waals surface area contributed by atoms with E-state index in [0.717, 1.165) is 56.4 Å². The molecule has 78 heavy (non-hydrogen) atoms. The van der Waals surface area contributed by atoms with Crippen LogP contribution < -0.4 is 0 Å². The number of aromatic nitrogens is 2. The van der Waals surface area contributed by atoms with Crippen molar-refractivity contribution in [3.05, 3.63) is 291 Å². The minimum atomic E-state index is 1.10. The van der Waals surface area contributed by atoms with Crippen LogP contribution >= 0.6 is 0 Å². The first-order chi connectivity index (χ1) is 38.7. The molecule has 0 saturated carbocycles. The smallest absolute Gasteiger partial charge is 0.0535 e. The lowest BCUT2D eigenvalue weighted by molar-refractivity contribution is 1.10. The second kappa shape index (κ2) is 17.7. The molecule has 2 heterocycles. The predicted molar refractivity (Wildman–Crippen MR) is 331 cm³/mol. The topological polar surface area (TPSA) is 9.86 Å². The van der Waals surface area contributed by atoms with Gasteiger partial charge in [-0.25, -0.2) is 0 Å². The van der Waals surface area contributed by atoms with Crippen molar-refractivity contribution < 1.29 is 0 Å². The molecule has 2 nitrogen and oxygen atoms in total. The third-order valence-electron chi connectivity index (χ3n) is 16.5. The van der Waals surface area contributed by atoms with Crippen LogP contribution in [0.15, 0.2) is 291 Å². The molecule has 0 aliphatic rings. The van der Waals surface area contributed by atoms with E-state index in [2.05, 4.69) is 300 Å². The van der Waals surface area contributed by atoms with E-state index in [1.807, 2.05) is 0 Å². The van der Waals surface area contributed by atoms with Crippen molar-refractivity contribution in [3.8, 4) is 78.7 Å². The van der Waals surface area contributed by atoms with Crippen molar-refractivity contribution in [1.82, 2.24) is 9.13 Å². The Hall–Kier alpha value is -10.3. The van der Waals surface area contributed by atoms with Crippen molar-refractivity contribution in [3.63, 3.8) is 0 Å². The van der Waals surface area contributed by atoms with Crippen LogP contribution in [0, 0.1) is 0 Å². The lowest BCUT2D eigenvalue weighted by Gasteiger charge is -2.23. The van der Waals surface area contributed by atoms with Gasteiger partial charge in [-0.3, -0.25) is 0 Å². The number of rotatable bonds is 8. The highest BCUT2D eigenvalue weighted by Crippen LogP contribution is 2.50. The Morgan fingerprint density at radius 2 is 0.590 bits per heavy atom. The second-order valence-electron chi connectivity index (χ2n) is 20.7. The SMILES string of the molecule is c1ccc(-c2ccc(-c3ccccc3)n2-c2ccc3c(-c4ccc5c6cccc7cccc(c8cccc4c85)c76)c4cc(-n5c(-c6ccccc6)ccc5-c5ccccc5)ccc4c(-c4ccc5ccccc5c4)c3c2)cc1. The van der Waals surface area contributed by atoms with Crippen LogP contribution in [-0.4, -0.2) is 9.13 Å². The minimum absolute atomic E-state index is 1.10. The summed E-state index contributed by atoms with van der Waals surface area (Å²) in [4.78, 5) is 0. The standard InChI is InChI=1S/C76H48N2/c1-5-19-50(20-6-1)69-42-43-70(51-21-7-2-8-22-51)77(69)57-37-39-66-67(47-57)74(56-35-34-49-18-13-14-27-55(49)46-56)65-38-36-58(78-71(52-23-9-3-10-24-52)44-45-72(78)53-25-11-4-12-26-53)48-68(65)76(66)64-41-40-63-60-31-16-29-54-28-15-30-59(73(54)60)61-32-17-33-62(64)75(61)63/h1-48H. The van der Waals surface area contributed by atoms with Crippen molar-refractivity contribution in [2.45, 2.75) is 0 Å². The number of fused-ring (bicyclic) bond motifs is 5. The Morgan fingerprint density at radius 3 is 1.12 bits per heavy atom. The van der Waals surface area contributed by atoms with E-state index in [4.69, 9.17) is 0 Å². The van der Waals surface area contributed by atoms with Gasteiger partial charge in [-0.2, -0.15) is 0 Å². The zero-order chi connectivity index (χ0) is 51.3. The fraction of sp³-hybridized carbons (Fsp3) is 0. The molecule has 0 unspecified atom stereocenters. The highest BCUT2D eigenvalue weighted by atomic mass is 15.0. The molecule has 0 spiro atoms. The predicted octanol–water partition coefficient (Wildman–Crippen LogP) is 20.8. The summed E-state index contributed by atoms with van der Waals surface area (Å²) < 4.78 is 4.93. The molecule has 14 aromatic carbocycles. The quantitative estimate of drug-likeness (QED) is 0.106. The van der Waals surface area contributed by atoms with Crippen LogP contribution in [0.25, 0.3) is 154 Å². The van der Waals surface area contributed by atoms with Gasteiger partial charge < -0.3 is 9.13 Å². The summed E-state index contributed by atoms with van der Waals surface area (Å²) in [6, 6.07) is 108. The number of hydrogen-bond donors (Lipinski definition) is 0. The average molecular weight is 989 g/mol. The van der Waals surface area contributed by atoms with E-state index in [-0.39, 0.29) is 0 Å². The van der Waals surface area contributed by atoms with E-state index in [9.17, 15) is 0 Å². The molecule has 0 fully saturated rings. The molecule has 362 valence electrons. The minimum Gasteiger partial charge on any atom is -0.309 e. The lowest BCUT2D eigenvalue weighted by atomic mass is 9.82. The van der Waals surface area contributed by atoms with Gasteiger partial charge in [0.1, 0.15) is 0 Å². The van der Waals surface area contributed by atoms with Gasteiger partial charge in [-0.15, -0.1) is 0 Å². The maximum atomic E-state index is 2.49. The zero-order valence-corrected chi connectivity index (χ0v) is 42.6. The van der Waals surface area contributed by atoms with Crippen LogP contribution in [-0.2, 0) is 0 Å². The molecule has 2 aromatic heterocycles. The molecule has 0 saturated heterocycles. The average Bonchev–Trinajstić information content (AvgIpc) is 4.25. The Labute approximate surface area is 451 Å². The summed E-state index contributed by atoms with van der Waals surface area (Å²) in [5.41, 5.74) is 16.2. The number of hydrogen-bond acceptors (Lipinski definition) is 0. The highest BCUT2D eigenvalue weighted by molar-refractivity contribution is 6.35. The second-order valence-corrected chi connectivity index (χ2v) is 20.7. The molecule has 0 aliphatic carbocycles. The summed E-state index contributed by atoms with van der Waals surface area (Å²) in [5.74, 6) is 0. The van der Waals surface area contributed by atoms with Gasteiger partial charge in [-0.05, 0) is 175 Å². The van der Waals surface area contributed by atoms with E-state index >= 15 is 0 Å². The van der Waals surface area contributed by atoms with Crippen molar-refractivity contribution in [2.24, 2.45) is 0 Å². The van der Waals surface area contributed by atoms with Crippen LogP contribution in [0.3, 0.4) is 0 Å².